The molecule has 1 atom stereocenters. The molecule has 1 aromatic carbocycles. The highest BCUT2D eigenvalue weighted by Gasteiger charge is 2.28. The minimum absolute atomic E-state index is 0.365. The van der Waals surface area contributed by atoms with Gasteiger partial charge >= 0.3 is 5.97 Å². The van der Waals surface area contributed by atoms with E-state index in [9.17, 15) is 9.90 Å². The summed E-state index contributed by atoms with van der Waals surface area (Å²) in [6.45, 7) is 3.19. The van der Waals surface area contributed by atoms with Crippen LogP contribution in [0.2, 0.25) is 5.02 Å². The number of hydrogen-bond donors (Lipinski definition) is 2. The second kappa shape index (κ2) is 6.12. The van der Waals surface area contributed by atoms with Gasteiger partial charge in [-0.2, -0.15) is 0 Å². The fourth-order valence-corrected chi connectivity index (χ4v) is 3.04. The van der Waals surface area contributed by atoms with E-state index in [1.54, 1.807) is 12.1 Å². The largest absolute Gasteiger partial charge is 0.465 e. The minimum Gasteiger partial charge on any atom is -0.465 e. The molecule has 0 amide bonds. The fraction of sp³-hybridized carbons (Fsp3) is 0.533. The zero-order valence-corrected chi connectivity index (χ0v) is 13.1. The van der Waals surface area contributed by atoms with Crippen molar-refractivity contribution >= 4 is 28.9 Å². The third-order valence-corrected chi connectivity index (χ3v) is 4.16. The van der Waals surface area contributed by atoms with Gasteiger partial charge in [0.25, 0.3) is 0 Å². The lowest BCUT2D eigenvalue weighted by Gasteiger charge is -2.27. The second-order valence-electron chi connectivity index (χ2n) is 5.73. The lowest BCUT2D eigenvalue weighted by Crippen LogP contribution is -2.29. The molecule has 1 saturated heterocycles. The molecule has 1 aromatic rings. The van der Waals surface area contributed by atoms with Gasteiger partial charge in [-0.15, -0.1) is 0 Å². The molecule has 0 saturated carbocycles. The Labute approximate surface area is 129 Å². The van der Waals surface area contributed by atoms with E-state index in [2.05, 4.69) is 0 Å². The number of nitrogens with zero attached hydrogens (tertiary/aromatic N) is 1. The number of rotatable bonds is 2. The van der Waals surface area contributed by atoms with Crippen molar-refractivity contribution in [2.75, 3.05) is 30.8 Å². The van der Waals surface area contributed by atoms with E-state index in [0.29, 0.717) is 34.9 Å². The first-order valence-electron chi connectivity index (χ1n) is 6.99. The molecule has 116 valence electrons. The van der Waals surface area contributed by atoms with Crippen molar-refractivity contribution in [2.45, 2.75) is 31.8 Å². The average molecular weight is 313 g/mol. The van der Waals surface area contributed by atoms with Crippen LogP contribution in [0.25, 0.3) is 0 Å². The number of nitrogen functional groups attached to an aromatic ring is 1. The van der Waals surface area contributed by atoms with Crippen molar-refractivity contribution in [1.29, 1.82) is 0 Å². The third-order valence-electron chi connectivity index (χ3n) is 3.87. The Morgan fingerprint density at radius 3 is 2.81 bits per heavy atom. The molecule has 2 rings (SSSR count). The summed E-state index contributed by atoms with van der Waals surface area (Å²) >= 11 is 6.30. The molecule has 0 bridgehead atoms. The van der Waals surface area contributed by atoms with Crippen molar-refractivity contribution in [3.05, 3.63) is 22.7 Å². The molecule has 6 heteroatoms. The highest BCUT2D eigenvalue weighted by atomic mass is 35.5. The molecule has 5 nitrogen and oxygen atoms in total. The Morgan fingerprint density at radius 2 is 2.14 bits per heavy atom. The first-order chi connectivity index (χ1) is 9.84. The van der Waals surface area contributed by atoms with E-state index in [1.165, 1.54) is 7.11 Å². The lowest BCUT2D eigenvalue weighted by molar-refractivity contribution is 0.0481. The first-order valence-corrected chi connectivity index (χ1v) is 7.36. The quantitative estimate of drug-likeness (QED) is 0.648. The summed E-state index contributed by atoms with van der Waals surface area (Å²) < 4.78 is 4.82. The molecule has 0 aromatic heterocycles. The smallest absolute Gasteiger partial charge is 0.340 e. The Bertz CT molecular complexity index is 546. The van der Waals surface area contributed by atoms with Crippen LogP contribution < -0.4 is 10.6 Å². The topological polar surface area (TPSA) is 75.8 Å². The van der Waals surface area contributed by atoms with Crippen LogP contribution in [0.4, 0.5) is 11.4 Å². The number of anilines is 2. The molecule has 0 spiro atoms. The van der Waals surface area contributed by atoms with Crippen molar-refractivity contribution < 1.29 is 14.6 Å². The summed E-state index contributed by atoms with van der Waals surface area (Å²) in [6.07, 6.45) is 2.17. The van der Waals surface area contributed by atoms with Gasteiger partial charge in [-0.25, -0.2) is 4.79 Å². The molecule has 0 aliphatic carbocycles. The minimum atomic E-state index is -0.680. The van der Waals surface area contributed by atoms with E-state index >= 15 is 0 Å². The highest BCUT2D eigenvalue weighted by Crippen LogP contribution is 2.35. The molecule has 1 fully saturated rings. The molecule has 21 heavy (non-hydrogen) atoms. The molecule has 1 aliphatic rings. The maximum absolute atomic E-state index is 12.0. The molecule has 1 aliphatic heterocycles. The van der Waals surface area contributed by atoms with E-state index in [4.69, 9.17) is 22.1 Å². The van der Waals surface area contributed by atoms with Crippen molar-refractivity contribution in [3.63, 3.8) is 0 Å². The van der Waals surface area contributed by atoms with Crippen LogP contribution >= 0.6 is 11.6 Å². The zero-order valence-electron chi connectivity index (χ0n) is 12.4. The highest BCUT2D eigenvalue weighted by molar-refractivity contribution is 6.34. The summed E-state index contributed by atoms with van der Waals surface area (Å²) in [6, 6.07) is 3.21. The number of halogens is 1. The average Bonchev–Trinajstić information content (AvgIpc) is 2.58. The predicted octanol–water partition coefficient (Wildman–Crippen LogP) is 2.45. The summed E-state index contributed by atoms with van der Waals surface area (Å²) in [7, 11) is 1.33. The number of aliphatic hydroxyl groups is 1. The van der Waals surface area contributed by atoms with Gasteiger partial charge in [0.1, 0.15) is 0 Å². The summed E-state index contributed by atoms with van der Waals surface area (Å²) in [5, 5.41) is 10.6. The van der Waals surface area contributed by atoms with Gasteiger partial charge in [0, 0.05) is 18.8 Å². The number of ether oxygens (including phenoxy) is 1. The number of carbonyl (C=O) groups is 1. The van der Waals surface area contributed by atoms with Crippen molar-refractivity contribution in [3.8, 4) is 0 Å². The van der Waals surface area contributed by atoms with Gasteiger partial charge in [-0.1, -0.05) is 11.6 Å². The monoisotopic (exact) mass is 312 g/mol. The van der Waals surface area contributed by atoms with Gasteiger partial charge in [0.2, 0.25) is 0 Å². The van der Waals surface area contributed by atoms with Gasteiger partial charge in [-0.3, -0.25) is 0 Å². The Morgan fingerprint density at radius 1 is 1.43 bits per heavy atom. The van der Waals surface area contributed by atoms with Crippen LogP contribution in [-0.4, -0.2) is 36.9 Å². The number of esters is 1. The van der Waals surface area contributed by atoms with Crippen LogP contribution in [0.5, 0.6) is 0 Å². The number of carbonyl (C=O) groups excluding carboxylic acids is 1. The normalized spacial score (nSPS) is 22.8. The second-order valence-corrected chi connectivity index (χ2v) is 6.14. The lowest BCUT2D eigenvalue weighted by atomic mass is 9.98. The first kappa shape index (κ1) is 15.9. The Balaban J connectivity index is 2.40. The SMILES string of the molecule is COC(=O)c1cc(N)cc(Cl)c1N1CCCC(C)(O)CC1. The van der Waals surface area contributed by atoms with Gasteiger partial charge in [0.15, 0.2) is 0 Å². The molecular weight excluding hydrogens is 292 g/mol. The number of nitrogens with two attached hydrogens (primary N) is 1. The fourth-order valence-electron chi connectivity index (χ4n) is 2.69. The summed E-state index contributed by atoms with van der Waals surface area (Å²) in [4.78, 5) is 14.0. The Hall–Kier alpha value is -1.46. The van der Waals surface area contributed by atoms with E-state index in [1.807, 2.05) is 11.8 Å². The van der Waals surface area contributed by atoms with Crippen molar-refractivity contribution in [1.82, 2.24) is 0 Å². The van der Waals surface area contributed by atoms with E-state index in [-0.39, 0.29) is 0 Å². The van der Waals surface area contributed by atoms with E-state index in [0.717, 1.165) is 19.4 Å². The number of benzene rings is 1. The standard InChI is InChI=1S/C15H21ClN2O3/c1-15(20)4-3-6-18(7-5-15)13-11(14(19)21-2)8-10(17)9-12(13)16/h8-9,20H,3-7,17H2,1-2H3. The maximum Gasteiger partial charge on any atom is 0.340 e. The number of methoxy groups -OCH3 is 1. The Kier molecular flexibility index (Phi) is 4.64. The van der Waals surface area contributed by atoms with Crippen LogP contribution in [0, 0.1) is 0 Å². The molecule has 1 unspecified atom stereocenters. The molecule has 1 heterocycles. The predicted molar refractivity (Wildman–Crippen MR) is 83.9 cm³/mol. The molecule has 3 N–H and O–H groups in total. The molecular formula is C15H21ClN2O3. The summed E-state index contributed by atoms with van der Waals surface area (Å²) in [5.74, 6) is -0.463. The van der Waals surface area contributed by atoms with Crippen LogP contribution in [-0.2, 0) is 4.74 Å². The zero-order chi connectivity index (χ0) is 15.6. The number of hydrogen-bond acceptors (Lipinski definition) is 5. The molecule has 0 radical (unpaired) electrons. The van der Waals surface area contributed by atoms with Crippen LogP contribution in [0.1, 0.15) is 36.5 Å². The van der Waals surface area contributed by atoms with Gasteiger partial charge in [-0.05, 0) is 38.3 Å². The van der Waals surface area contributed by atoms with Crippen molar-refractivity contribution in [2.24, 2.45) is 0 Å². The maximum atomic E-state index is 12.0. The van der Waals surface area contributed by atoms with Crippen LogP contribution in [0.3, 0.4) is 0 Å². The third kappa shape index (κ3) is 3.60. The van der Waals surface area contributed by atoms with Gasteiger partial charge in [0.05, 0.1) is 29.0 Å². The van der Waals surface area contributed by atoms with Gasteiger partial charge < -0.3 is 20.5 Å². The van der Waals surface area contributed by atoms with E-state index < -0.39 is 11.6 Å². The summed E-state index contributed by atoms with van der Waals surface area (Å²) in [5.41, 5.74) is 6.52. The van der Waals surface area contributed by atoms with Crippen LogP contribution in [0.15, 0.2) is 12.1 Å².